The van der Waals surface area contributed by atoms with E-state index in [1.807, 2.05) is 30.3 Å². The number of aliphatic imine (C=N–C) groups is 1. The first-order chi connectivity index (χ1) is 13.5. The molecule has 1 saturated heterocycles. The van der Waals surface area contributed by atoms with Crippen molar-refractivity contribution in [1.82, 2.24) is 5.32 Å². The second-order valence-corrected chi connectivity index (χ2v) is 6.86. The van der Waals surface area contributed by atoms with Crippen molar-refractivity contribution < 1.29 is 24.2 Å². The van der Waals surface area contributed by atoms with Crippen LogP contribution in [0.5, 0.6) is 11.5 Å². The van der Waals surface area contributed by atoms with Crippen LogP contribution in [0, 0.1) is 0 Å². The van der Waals surface area contributed by atoms with Gasteiger partial charge in [0.25, 0.3) is 5.91 Å². The van der Waals surface area contributed by atoms with Gasteiger partial charge in [-0.3, -0.25) is 4.79 Å². The van der Waals surface area contributed by atoms with Crippen molar-refractivity contribution in [3.63, 3.8) is 0 Å². The molecule has 0 saturated carbocycles. The molecule has 0 bridgehead atoms. The fourth-order valence-corrected chi connectivity index (χ4v) is 3.21. The number of carbonyl (C=O) groups is 2. The SMILES string of the molecule is COc1cc(/C=C2/SC(=Nc3ccccc3)NC2=O)ccc1OC(C)C(=O)O. The van der Waals surface area contributed by atoms with E-state index in [1.165, 1.54) is 25.8 Å². The molecule has 1 amide bonds. The van der Waals surface area contributed by atoms with Gasteiger partial charge in [0.15, 0.2) is 22.8 Å². The number of carboxylic acid groups (broad SMARTS) is 1. The molecule has 3 rings (SSSR count). The monoisotopic (exact) mass is 398 g/mol. The number of aliphatic carboxylic acids is 1. The number of methoxy groups -OCH3 is 1. The van der Waals surface area contributed by atoms with Crippen LogP contribution in [0.25, 0.3) is 6.08 Å². The third kappa shape index (κ3) is 4.72. The zero-order chi connectivity index (χ0) is 20.1. The van der Waals surface area contributed by atoms with Gasteiger partial charge >= 0.3 is 5.97 Å². The van der Waals surface area contributed by atoms with Crippen LogP contribution >= 0.6 is 11.8 Å². The molecule has 0 radical (unpaired) electrons. The minimum atomic E-state index is -1.07. The zero-order valence-electron chi connectivity index (χ0n) is 15.2. The van der Waals surface area contributed by atoms with Crippen molar-refractivity contribution in [2.24, 2.45) is 4.99 Å². The minimum Gasteiger partial charge on any atom is -0.493 e. The molecule has 1 fully saturated rings. The van der Waals surface area contributed by atoms with Crippen LogP contribution in [0.2, 0.25) is 0 Å². The number of amidine groups is 1. The number of benzene rings is 2. The highest BCUT2D eigenvalue weighted by Gasteiger charge is 2.24. The number of hydrogen-bond acceptors (Lipinski definition) is 6. The standard InChI is InChI=1S/C20H18N2O5S/c1-12(19(24)25)27-15-9-8-13(10-16(15)26-2)11-17-18(23)22-20(28-17)21-14-6-4-3-5-7-14/h3-12H,1-2H3,(H,24,25)(H,21,22,23)/b17-11+. The molecule has 0 aromatic heterocycles. The number of hydrogen-bond donors (Lipinski definition) is 2. The van der Waals surface area contributed by atoms with Crippen molar-refractivity contribution in [3.8, 4) is 11.5 Å². The van der Waals surface area contributed by atoms with Gasteiger partial charge in [0.05, 0.1) is 17.7 Å². The number of nitrogens with zero attached hydrogens (tertiary/aromatic N) is 1. The third-order valence-electron chi connectivity index (χ3n) is 3.77. The van der Waals surface area contributed by atoms with Crippen LogP contribution in [0.1, 0.15) is 12.5 Å². The quantitative estimate of drug-likeness (QED) is 0.724. The normalized spacial score (nSPS) is 17.4. The largest absolute Gasteiger partial charge is 0.493 e. The Labute approximate surface area is 166 Å². The number of rotatable bonds is 6. The Kier molecular flexibility index (Phi) is 6.00. The number of carbonyl (C=O) groups excluding carboxylic acids is 1. The van der Waals surface area contributed by atoms with Gasteiger partial charge in [-0.15, -0.1) is 0 Å². The van der Waals surface area contributed by atoms with Crippen LogP contribution in [-0.4, -0.2) is 35.4 Å². The molecule has 0 aliphatic carbocycles. The van der Waals surface area contributed by atoms with Crippen molar-refractivity contribution in [2.75, 3.05) is 7.11 Å². The van der Waals surface area contributed by atoms with E-state index < -0.39 is 12.1 Å². The summed E-state index contributed by atoms with van der Waals surface area (Å²) in [5.74, 6) is -0.616. The van der Waals surface area contributed by atoms with Crippen LogP contribution in [-0.2, 0) is 9.59 Å². The van der Waals surface area contributed by atoms with Crippen molar-refractivity contribution in [1.29, 1.82) is 0 Å². The van der Waals surface area contributed by atoms with Gasteiger partial charge in [0.2, 0.25) is 0 Å². The van der Waals surface area contributed by atoms with Gasteiger partial charge in [-0.05, 0) is 54.6 Å². The summed E-state index contributed by atoms with van der Waals surface area (Å²) in [6, 6.07) is 14.4. The van der Waals surface area contributed by atoms with E-state index in [4.69, 9.17) is 14.6 Å². The van der Waals surface area contributed by atoms with E-state index in [-0.39, 0.29) is 5.91 Å². The number of thioether (sulfide) groups is 1. The predicted molar refractivity (Wildman–Crippen MR) is 108 cm³/mol. The Balaban J connectivity index is 1.80. The van der Waals surface area contributed by atoms with Gasteiger partial charge in [-0.25, -0.2) is 9.79 Å². The Morgan fingerprint density at radius 2 is 1.96 bits per heavy atom. The van der Waals surface area contributed by atoms with Crippen LogP contribution in [0.4, 0.5) is 5.69 Å². The van der Waals surface area contributed by atoms with E-state index in [0.29, 0.717) is 27.1 Å². The Bertz CT molecular complexity index is 956. The molecule has 1 aliphatic heterocycles. The van der Waals surface area contributed by atoms with Gasteiger partial charge in [0.1, 0.15) is 0 Å². The first-order valence-corrected chi connectivity index (χ1v) is 9.20. The maximum atomic E-state index is 12.2. The number of nitrogens with one attached hydrogen (secondary N) is 1. The molecular weight excluding hydrogens is 380 g/mol. The summed E-state index contributed by atoms with van der Waals surface area (Å²) in [5, 5.41) is 12.2. The smallest absolute Gasteiger partial charge is 0.344 e. The number of carboxylic acids is 1. The lowest BCUT2D eigenvalue weighted by Gasteiger charge is -2.14. The molecule has 8 heteroatoms. The zero-order valence-corrected chi connectivity index (χ0v) is 16.0. The summed E-state index contributed by atoms with van der Waals surface area (Å²) < 4.78 is 10.7. The molecule has 7 nitrogen and oxygen atoms in total. The van der Waals surface area contributed by atoms with E-state index in [2.05, 4.69) is 10.3 Å². The van der Waals surface area contributed by atoms with Crippen LogP contribution < -0.4 is 14.8 Å². The van der Waals surface area contributed by atoms with Gasteiger partial charge < -0.3 is 19.9 Å². The lowest BCUT2D eigenvalue weighted by Crippen LogP contribution is -2.23. The average Bonchev–Trinajstić information content (AvgIpc) is 3.02. The van der Waals surface area contributed by atoms with Crippen molar-refractivity contribution in [2.45, 2.75) is 13.0 Å². The average molecular weight is 398 g/mol. The summed E-state index contributed by atoms with van der Waals surface area (Å²) in [7, 11) is 1.46. The van der Waals surface area contributed by atoms with E-state index >= 15 is 0 Å². The van der Waals surface area contributed by atoms with E-state index in [1.54, 1.807) is 24.3 Å². The first-order valence-electron chi connectivity index (χ1n) is 8.38. The fraction of sp³-hybridized carbons (Fsp3) is 0.150. The topological polar surface area (TPSA) is 97.2 Å². The minimum absolute atomic E-state index is 0.238. The predicted octanol–water partition coefficient (Wildman–Crippen LogP) is 3.44. The van der Waals surface area contributed by atoms with Crippen molar-refractivity contribution in [3.05, 3.63) is 59.0 Å². The fourth-order valence-electron chi connectivity index (χ4n) is 2.36. The van der Waals surface area contributed by atoms with Gasteiger partial charge in [-0.1, -0.05) is 24.3 Å². The summed E-state index contributed by atoms with van der Waals surface area (Å²) in [5.41, 5.74) is 1.47. The number of para-hydroxylation sites is 1. The molecule has 2 N–H and O–H groups in total. The second-order valence-electron chi connectivity index (χ2n) is 5.83. The number of ether oxygens (including phenoxy) is 2. The van der Waals surface area contributed by atoms with Crippen molar-refractivity contribution >= 4 is 40.6 Å². The van der Waals surface area contributed by atoms with Crippen LogP contribution in [0.3, 0.4) is 0 Å². The summed E-state index contributed by atoms with van der Waals surface area (Å²) in [4.78, 5) is 28.1. The summed E-state index contributed by atoms with van der Waals surface area (Å²) in [6.45, 7) is 1.44. The third-order valence-corrected chi connectivity index (χ3v) is 4.68. The molecule has 1 aliphatic rings. The summed E-state index contributed by atoms with van der Waals surface area (Å²) in [6.07, 6.45) is 0.700. The second kappa shape index (κ2) is 8.62. The molecule has 1 heterocycles. The molecule has 2 aromatic rings. The van der Waals surface area contributed by atoms with Crippen LogP contribution in [0.15, 0.2) is 58.4 Å². The van der Waals surface area contributed by atoms with Gasteiger partial charge in [-0.2, -0.15) is 0 Å². The first kappa shape index (κ1) is 19.5. The van der Waals surface area contributed by atoms with E-state index in [0.717, 1.165) is 5.69 Å². The highest BCUT2D eigenvalue weighted by Crippen LogP contribution is 2.32. The lowest BCUT2D eigenvalue weighted by molar-refractivity contribution is -0.144. The molecule has 1 atom stereocenters. The Hall–Kier alpha value is -3.26. The molecule has 1 unspecified atom stereocenters. The molecular formula is C20H18N2O5S. The number of amides is 1. The Morgan fingerprint density at radius 1 is 1.21 bits per heavy atom. The molecule has 144 valence electrons. The highest BCUT2D eigenvalue weighted by atomic mass is 32.2. The van der Waals surface area contributed by atoms with E-state index in [9.17, 15) is 9.59 Å². The van der Waals surface area contributed by atoms with Gasteiger partial charge in [0, 0.05) is 0 Å². The maximum Gasteiger partial charge on any atom is 0.344 e. The highest BCUT2D eigenvalue weighted by molar-refractivity contribution is 8.18. The summed E-state index contributed by atoms with van der Waals surface area (Å²) >= 11 is 1.24. The lowest BCUT2D eigenvalue weighted by atomic mass is 10.2. The Morgan fingerprint density at radius 3 is 2.64 bits per heavy atom. The molecule has 0 spiro atoms. The maximum absolute atomic E-state index is 12.2. The molecule has 28 heavy (non-hydrogen) atoms. The molecule has 2 aromatic carbocycles.